The van der Waals surface area contributed by atoms with Crippen LogP contribution in [0.2, 0.25) is 5.02 Å². The van der Waals surface area contributed by atoms with Crippen LogP contribution < -0.4 is 10.1 Å². The normalized spacial score (nSPS) is 11.8. The maximum atomic E-state index is 12.2. The van der Waals surface area contributed by atoms with Crippen molar-refractivity contribution in [1.29, 1.82) is 0 Å². The number of carboxylic acids is 1. The minimum Gasteiger partial charge on any atom is -0.482 e. The first-order chi connectivity index (χ1) is 10.9. The molecule has 1 unspecified atom stereocenters. The minimum atomic E-state index is -1.03. The summed E-state index contributed by atoms with van der Waals surface area (Å²) in [6, 6.07) is 8.28. The molecule has 0 fully saturated rings. The Balaban J connectivity index is 2.00. The van der Waals surface area contributed by atoms with Gasteiger partial charge in [-0.2, -0.15) is 0 Å². The smallest absolute Gasteiger partial charge is 0.341 e. The number of aliphatic carboxylic acids is 1. The van der Waals surface area contributed by atoms with Gasteiger partial charge in [0.05, 0.1) is 11.1 Å². The SMILES string of the molecule is CC(NC(=O)c1cc(Cl)cn1C)c1ccc(OCC(=O)O)cc1. The second-order valence-electron chi connectivity index (χ2n) is 5.10. The van der Waals surface area contributed by atoms with Crippen molar-refractivity contribution in [3.05, 3.63) is 52.8 Å². The van der Waals surface area contributed by atoms with Gasteiger partial charge in [0.1, 0.15) is 11.4 Å². The third kappa shape index (κ3) is 4.50. The number of carbonyl (C=O) groups excluding carboxylic acids is 1. The molecule has 0 aliphatic carbocycles. The maximum absolute atomic E-state index is 12.2. The molecule has 1 heterocycles. The van der Waals surface area contributed by atoms with Crippen molar-refractivity contribution in [2.24, 2.45) is 7.05 Å². The molecule has 0 radical (unpaired) electrons. The number of benzene rings is 1. The molecule has 7 heteroatoms. The molecular formula is C16H17ClN2O4. The van der Waals surface area contributed by atoms with Crippen molar-refractivity contribution in [1.82, 2.24) is 9.88 Å². The Morgan fingerprint density at radius 1 is 1.35 bits per heavy atom. The third-order valence-electron chi connectivity index (χ3n) is 3.29. The number of rotatable bonds is 6. The monoisotopic (exact) mass is 336 g/mol. The molecule has 0 saturated carbocycles. The summed E-state index contributed by atoms with van der Waals surface area (Å²) in [5.41, 5.74) is 1.35. The second-order valence-corrected chi connectivity index (χ2v) is 5.54. The quantitative estimate of drug-likeness (QED) is 0.849. The van der Waals surface area contributed by atoms with Gasteiger partial charge >= 0.3 is 5.97 Å². The lowest BCUT2D eigenvalue weighted by atomic mass is 10.1. The van der Waals surface area contributed by atoms with Gasteiger partial charge in [-0.25, -0.2) is 4.79 Å². The van der Waals surface area contributed by atoms with E-state index >= 15 is 0 Å². The Labute approximate surface area is 138 Å². The Kier molecular flexibility index (Phi) is 5.28. The maximum Gasteiger partial charge on any atom is 0.341 e. The van der Waals surface area contributed by atoms with Gasteiger partial charge < -0.3 is 19.7 Å². The van der Waals surface area contributed by atoms with Gasteiger partial charge in [0.25, 0.3) is 5.91 Å². The van der Waals surface area contributed by atoms with Crippen molar-refractivity contribution < 1.29 is 19.4 Å². The number of nitrogens with one attached hydrogen (secondary N) is 1. The van der Waals surface area contributed by atoms with Crippen molar-refractivity contribution in [3.8, 4) is 5.75 Å². The molecule has 2 N–H and O–H groups in total. The van der Waals surface area contributed by atoms with Gasteiger partial charge in [-0.05, 0) is 30.7 Å². The summed E-state index contributed by atoms with van der Waals surface area (Å²) in [6.45, 7) is 1.47. The molecule has 2 aromatic rings. The molecule has 0 bridgehead atoms. The van der Waals surface area contributed by atoms with Gasteiger partial charge in [0.2, 0.25) is 0 Å². The lowest BCUT2D eigenvalue weighted by Gasteiger charge is -2.15. The van der Waals surface area contributed by atoms with E-state index in [1.165, 1.54) is 0 Å². The lowest BCUT2D eigenvalue weighted by Crippen LogP contribution is -2.28. The third-order valence-corrected chi connectivity index (χ3v) is 3.50. The van der Waals surface area contributed by atoms with Gasteiger partial charge in [-0.3, -0.25) is 4.79 Å². The van der Waals surface area contributed by atoms with Crippen LogP contribution in [0.5, 0.6) is 5.75 Å². The fourth-order valence-corrected chi connectivity index (χ4v) is 2.35. The largest absolute Gasteiger partial charge is 0.482 e. The molecule has 2 rings (SSSR count). The van der Waals surface area contributed by atoms with Gasteiger partial charge in [0, 0.05) is 13.2 Å². The average molecular weight is 337 g/mol. The number of aromatic nitrogens is 1. The zero-order valence-corrected chi connectivity index (χ0v) is 13.5. The summed E-state index contributed by atoms with van der Waals surface area (Å²) in [7, 11) is 1.75. The number of hydrogen-bond acceptors (Lipinski definition) is 3. The summed E-state index contributed by atoms with van der Waals surface area (Å²) in [6.07, 6.45) is 1.66. The fraction of sp³-hybridized carbons (Fsp3) is 0.250. The zero-order valence-electron chi connectivity index (χ0n) is 12.7. The van der Waals surface area contributed by atoms with E-state index in [2.05, 4.69) is 5.32 Å². The lowest BCUT2D eigenvalue weighted by molar-refractivity contribution is -0.139. The van der Waals surface area contributed by atoms with E-state index in [1.807, 2.05) is 6.92 Å². The molecule has 122 valence electrons. The van der Waals surface area contributed by atoms with E-state index in [-0.39, 0.29) is 18.6 Å². The van der Waals surface area contributed by atoms with Crippen LogP contribution in [0.3, 0.4) is 0 Å². The van der Waals surface area contributed by atoms with E-state index in [9.17, 15) is 9.59 Å². The Morgan fingerprint density at radius 2 is 2.00 bits per heavy atom. The number of carboxylic acid groups (broad SMARTS) is 1. The first kappa shape index (κ1) is 16.9. The van der Waals surface area contributed by atoms with Crippen LogP contribution in [0, 0.1) is 0 Å². The fourth-order valence-electron chi connectivity index (χ4n) is 2.10. The first-order valence-corrected chi connectivity index (χ1v) is 7.32. The molecule has 0 aliphatic rings. The number of hydrogen-bond donors (Lipinski definition) is 2. The number of ether oxygens (including phenoxy) is 1. The molecule has 1 amide bonds. The molecular weight excluding hydrogens is 320 g/mol. The summed E-state index contributed by atoms with van der Waals surface area (Å²) in [4.78, 5) is 22.7. The van der Waals surface area contributed by atoms with Gasteiger partial charge in [-0.1, -0.05) is 23.7 Å². The molecule has 6 nitrogen and oxygen atoms in total. The van der Waals surface area contributed by atoms with E-state index in [0.29, 0.717) is 16.5 Å². The molecule has 0 saturated heterocycles. The molecule has 1 atom stereocenters. The number of halogens is 1. The average Bonchev–Trinajstić information content (AvgIpc) is 2.84. The van der Waals surface area contributed by atoms with Crippen LogP contribution in [0.4, 0.5) is 0 Å². The highest BCUT2D eigenvalue weighted by Crippen LogP contribution is 2.19. The van der Waals surface area contributed by atoms with Crippen LogP contribution >= 0.6 is 11.6 Å². The van der Waals surface area contributed by atoms with E-state index in [4.69, 9.17) is 21.4 Å². The van der Waals surface area contributed by atoms with E-state index < -0.39 is 5.97 Å². The van der Waals surface area contributed by atoms with Crippen LogP contribution in [0.25, 0.3) is 0 Å². The summed E-state index contributed by atoms with van der Waals surface area (Å²) in [5.74, 6) is -0.794. The van der Waals surface area contributed by atoms with E-state index in [0.717, 1.165) is 5.56 Å². The summed E-state index contributed by atoms with van der Waals surface area (Å²) in [5, 5.41) is 12.0. The van der Waals surface area contributed by atoms with Crippen molar-refractivity contribution in [3.63, 3.8) is 0 Å². The van der Waals surface area contributed by atoms with Crippen molar-refractivity contribution in [2.75, 3.05) is 6.61 Å². The molecule has 23 heavy (non-hydrogen) atoms. The highest BCUT2D eigenvalue weighted by atomic mass is 35.5. The first-order valence-electron chi connectivity index (χ1n) is 6.94. The Morgan fingerprint density at radius 3 is 2.52 bits per heavy atom. The number of aryl methyl sites for hydroxylation is 1. The van der Waals surface area contributed by atoms with Gasteiger partial charge in [0.15, 0.2) is 6.61 Å². The number of carbonyl (C=O) groups is 2. The Hall–Kier alpha value is -2.47. The number of amides is 1. The zero-order chi connectivity index (χ0) is 17.0. The number of nitrogens with zero attached hydrogens (tertiary/aromatic N) is 1. The van der Waals surface area contributed by atoms with Crippen molar-refractivity contribution >= 4 is 23.5 Å². The second kappa shape index (κ2) is 7.19. The molecule has 1 aromatic heterocycles. The topological polar surface area (TPSA) is 80.6 Å². The molecule has 1 aromatic carbocycles. The standard InChI is InChI=1S/C16H17ClN2O4/c1-10(18-16(22)14-7-12(17)8-19(14)2)11-3-5-13(6-4-11)23-9-15(20)21/h3-8,10H,9H2,1-2H3,(H,18,22)(H,20,21). The summed E-state index contributed by atoms with van der Waals surface area (Å²) < 4.78 is 6.73. The highest BCUT2D eigenvalue weighted by Gasteiger charge is 2.15. The predicted molar refractivity (Wildman–Crippen MR) is 85.9 cm³/mol. The molecule has 0 aliphatic heterocycles. The highest BCUT2D eigenvalue weighted by molar-refractivity contribution is 6.31. The van der Waals surface area contributed by atoms with Crippen LogP contribution in [-0.2, 0) is 11.8 Å². The van der Waals surface area contributed by atoms with Crippen LogP contribution in [-0.4, -0.2) is 28.2 Å². The van der Waals surface area contributed by atoms with Crippen LogP contribution in [0.15, 0.2) is 36.5 Å². The van der Waals surface area contributed by atoms with Crippen molar-refractivity contribution in [2.45, 2.75) is 13.0 Å². The Bertz CT molecular complexity index is 709. The summed E-state index contributed by atoms with van der Waals surface area (Å²) >= 11 is 5.88. The minimum absolute atomic E-state index is 0.218. The van der Waals surface area contributed by atoms with E-state index in [1.54, 1.807) is 48.1 Å². The molecule has 0 spiro atoms. The van der Waals surface area contributed by atoms with Gasteiger partial charge in [-0.15, -0.1) is 0 Å². The predicted octanol–water partition coefficient (Wildman–Crippen LogP) is 2.63. The van der Waals surface area contributed by atoms with Crippen LogP contribution in [0.1, 0.15) is 29.0 Å².